The summed E-state index contributed by atoms with van der Waals surface area (Å²) < 4.78 is 12.6. The normalized spacial score (nSPS) is 20.0. The monoisotopic (exact) mass is 636 g/mol. The van der Waals surface area contributed by atoms with E-state index in [1.807, 2.05) is 18.2 Å². The van der Waals surface area contributed by atoms with E-state index in [4.69, 9.17) is 9.47 Å². The Morgan fingerprint density at radius 3 is 2.14 bits per heavy atom. The van der Waals surface area contributed by atoms with E-state index in [2.05, 4.69) is 48.5 Å². The van der Waals surface area contributed by atoms with E-state index >= 15 is 0 Å². The Balaban J connectivity index is 1.67. The molecule has 0 fully saturated rings. The molecule has 222 valence electrons. The van der Waals surface area contributed by atoms with Gasteiger partial charge in [0.15, 0.2) is 11.6 Å². The second-order valence-corrected chi connectivity index (χ2v) is 14.0. The number of carbonyl (C=O) groups is 2. The number of rotatable bonds is 8. The van der Waals surface area contributed by atoms with Gasteiger partial charge in [-0.15, -0.1) is 0 Å². The molecule has 0 atom stereocenters. The van der Waals surface area contributed by atoms with Crippen LogP contribution in [0, 0.1) is 20.9 Å². The van der Waals surface area contributed by atoms with Gasteiger partial charge in [-0.2, -0.15) is 0 Å². The van der Waals surface area contributed by atoms with Crippen LogP contribution in [0.25, 0.3) is 0 Å². The van der Waals surface area contributed by atoms with Crippen molar-refractivity contribution < 1.29 is 24.0 Å². The number of hydrogen-bond acceptors (Lipinski definition) is 7. The highest BCUT2D eigenvalue weighted by Crippen LogP contribution is 2.55. The topological polar surface area (TPSA) is 99.0 Å². The predicted octanol–water partition coefficient (Wildman–Crippen LogP) is 7.27. The highest BCUT2D eigenvalue weighted by molar-refractivity contribution is 9.10. The van der Waals surface area contributed by atoms with Crippen LogP contribution in [0.15, 0.2) is 69.5 Å². The lowest BCUT2D eigenvalue weighted by Crippen LogP contribution is -2.45. The summed E-state index contributed by atoms with van der Waals surface area (Å²) in [6, 6.07) is 12.0. The van der Waals surface area contributed by atoms with Crippen LogP contribution in [0.2, 0.25) is 0 Å². The van der Waals surface area contributed by atoms with Gasteiger partial charge in [0.2, 0.25) is 0 Å². The molecule has 8 nitrogen and oxygen atoms in total. The van der Waals surface area contributed by atoms with Gasteiger partial charge in [-0.25, -0.2) is 0 Å². The molecule has 0 spiro atoms. The van der Waals surface area contributed by atoms with Crippen LogP contribution in [0.1, 0.15) is 70.4 Å². The maximum Gasteiger partial charge on any atom is 0.269 e. The fraction of sp³-hybridized carbons (Fsp3) is 0.455. The minimum atomic E-state index is -0.571. The van der Waals surface area contributed by atoms with E-state index in [0.29, 0.717) is 61.3 Å². The number of methoxy groups -OCH3 is 1. The van der Waals surface area contributed by atoms with Gasteiger partial charge in [-0.05, 0) is 47.4 Å². The van der Waals surface area contributed by atoms with E-state index < -0.39 is 10.8 Å². The van der Waals surface area contributed by atoms with Crippen LogP contribution in [-0.4, -0.2) is 41.7 Å². The first-order valence-corrected chi connectivity index (χ1v) is 15.0. The van der Waals surface area contributed by atoms with Crippen molar-refractivity contribution in [1.82, 2.24) is 4.90 Å². The van der Waals surface area contributed by atoms with Crippen molar-refractivity contribution in [3.8, 4) is 5.75 Å². The van der Waals surface area contributed by atoms with Crippen molar-refractivity contribution in [3.05, 3.63) is 90.7 Å². The van der Waals surface area contributed by atoms with Crippen molar-refractivity contribution in [2.75, 3.05) is 20.3 Å². The molecule has 0 N–H and O–H groups in total. The van der Waals surface area contributed by atoms with E-state index in [0.717, 1.165) is 21.4 Å². The lowest BCUT2D eigenvalue weighted by molar-refractivity contribution is -0.384. The third-order valence-corrected chi connectivity index (χ3v) is 8.83. The van der Waals surface area contributed by atoms with Crippen molar-refractivity contribution >= 4 is 33.2 Å². The van der Waals surface area contributed by atoms with Gasteiger partial charge in [-0.1, -0.05) is 55.8 Å². The summed E-state index contributed by atoms with van der Waals surface area (Å²) in [7, 11) is 1.66. The molecule has 42 heavy (non-hydrogen) atoms. The summed E-state index contributed by atoms with van der Waals surface area (Å²) >= 11 is 3.61. The lowest BCUT2D eigenvalue weighted by Gasteiger charge is -2.49. The zero-order valence-electron chi connectivity index (χ0n) is 24.8. The number of allylic oxidation sites excluding steroid dienone is 4. The standard InChI is InChI=1S/C33H37BrN2O6/c1-32(2)15-24-30(26(37)17-32)29(31-25(35(24)11-12-41-5)16-33(3,4)18-27(31)38)23-14-21(34)9-10-28(23)42-19-20-7-6-8-22(13-20)36(39)40/h6-10,13-14,29H,11-12,15-19H2,1-5H3. The van der Waals surface area contributed by atoms with Crippen LogP contribution < -0.4 is 4.74 Å². The van der Waals surface area contributed by atoms with Gasteiger partial charge in [-0.3, -0.25) is 19.7 Å². The molecule has 1 aliphatic heterocycles. The molecule has 1 heterocycles. The van der Waals surface area contributed by atoms with Gasteiger partial charge >= 0.3 is 0 Å². The summed E-state index contributed by atoms with van der Waals surface area (Å²) in [4.78, 5) is 41.2. The van der Waals surface area contributed by atoms with Gasteiger partial charge in [0.25, 0.3) is 5.69 Å². The smallest absolute Gasteiger partial charge is 0.269 e. The molecule has 0 aromatic heterocycles. The molecule has 9 heteroatoms. The zero-order chi connectivity index (χ0) is 30.4. The summed E-state index contributed by atoms with van der Waals surface area (Å²) in [6.07, 6.45) is 2.19. The fourth-order valence-corrected chi connectivity index (χ4v) is 6.99. The number of nitro benzene ring substituents is 1. The summed E-state index contributed by atoms with van der Waals surface area (Å²) in [6.45, 7) is 9.59. The van der Waals surface area contributed by atoms with Crippen LogP contribution in [0.4, 0.5) is 5.69 Å². The number of benzene rings is 2. The number of hydrogen-bond donors (Lipinski definition) is 0. The Hall–Kier alpha value is -3.30. The van der Waals surface area contributed by atoms with Crippen molar-refractivity contribution in [2.45, 2.75) is 65.9 Å². The molecule has 2 aromatic carbocycles. The third kappa shape index (κ3) is 5.95. The third-order valence-electron chi connectivity index (χ3n) is 8.34. The summed E-state index contributed by atoms with van der Waals surface area (Å²) in [5.41, 5.74) is 4.19. The maximum absolute atomic E-state index is 14.1. The molecule has 5 rings (SSSR count). The number of nitrogens with zero attached hydrogens (tertiary/aromatic N) is 2. The molecule has 0 unspecified atom stereocenters. The molecule has 0 saturated heterocycles. The van der Waals surface area contributed by atoms with Crippen LogP contribution in [0.3, 0.4) is 0 Å². The molecule has 0 saturated carbocycles. The highest BCUT2D eigenvalue weighted by Gasteiger charge is 2.49. The van der Waals surface area contributed by atoms with Crippen molar-refractivity contribution in [1.29, 1.82) is 0 Å². The number of ether oxygens (including phenoxy) is 2. The van der Waals surface area contributed by atoms with Gasteiger partial charge in [0, 0.05) is 77.1 Å². The van der Waals surface area contributed by atoms with Crippen LogP contribution in [0.5, 0.6) is 5.75 Å². The van der Waals surface area contributed by atoms with Crippen molar-refractivity contribution in [2.24, 2.45) is 10.8 Å². The Labute approximate surface area is 255 Å². The lowest BCUT2D eigenvalue weighted by atomic mass is 9.63. The Morgan fingerprint density at radius 2 is 1.57 bits per heavy atom. The van der Waals surface area contributed by atoms with E-state index in [-0.39, 0.29) is 34.7 Å². The molecule has 0 radical (unpaired) electrons. The first-order chi connectivity index (χ1) is 19.8. The van der Waals surface area contributed by atoms with Gasteiger partial charge in [0.1, 0.15) is 12.4 Å². The average Bonchev–Trinajstić information content (AvgIpc) is 2.89. The van der Waals surface area contributed by atoms with E-state index in [1.165, 1.54) is 12.1 Å². The maximum atomic E-state index is 14.1. The van der Waals surface area contributed by atoms with Crippen LogP contribution in [-0.2, 0) is 20.9 Å². The largest absolute Gasteiger partial charge is 0.489 e. The molecule has 0 amide bonds. The SMILES string of the molecule is COCCN1C2=C(C(=O)CC(C)(C)C2)C(c2cc(Br)ccc2OCc2cccc([N+](=O)[O-])c2)C2=C1CC(C)(C)CC2=O. The minimum Gasteiger partial charge on any atom is -0.489 e. The van der Waals surface area contributed by atoms with Crippen LogP contribution >= 0.6 is 15.9 Å². The minimum absolute atomic E-state index is 0.00834. The molecule has 3 aliphatic rings. The molecule has 2 aromatic rings. The molecule has 0 bridgehead atoms. The first-order valence-electron chi connectivity index (χ1n) is 14.2. The molecular weight excluding hydrogens is 600 g/mol. The number of non-ortho nitro benzene ring substituents is 1. The van der Waals surface area contributed by atoms with E-state index in [9.17, 15) is 19.7 Å². The second kappa shape index (κ2) is 11.4. The zero-order valence-corrected chi connectivity index (χ0v) is 26.4. The van der Waals surface area contributed by atoms with Gasteiger partial charge < -0.3 is 14.4 Å². The average molecular weight is 638 g/mol. The summed E-state index contributed by atoms with van der Waals surface area (Å²) in [5.74, 6) is 0.0533. The second-order valence-electron chi connectivity index (χ2n) is 13.1. The number of nitro groups is 1. The number of halogens is 1. The van der Waals surface area contributed by atoms with Crippen molar-refractivity contribution in [3.63, 3.8) is 0 Å². The quantitative estimate of drug-likeness (QED) is 0.222. The molecule has 2 aliphatic carbocycles. The number of Topliss-reactive ketones (excluding diaryl/α,β-unsaturated/α-hetero) is 2. The highest BCUT2D eigenvalue weighted by atomic mass is 79.9. The Kier molecular flexibility index (Phi) is 8.20. The predicted molar refractivity (Wildman–Crippen MR) is 163 cm³/mol. The molecular formula is C33H37BrN2O6. The summed E-state index contributed by atoms with van der Waals surface area (Å²) in [5, 5.41) is 11.3. The van der Waals surface area contributed by atoms with Gasteiger partial charge in [0.05, 0.1) is 11.5 Å². The Morgan fingerprint density at radius 1 is 0.952 bits per heavy atom. The fourth-order valence-electron chi connectivity index (χ4n) is 6.61. The first kappa shape index (κ1) is 30.2. The Bertz CT molecular complexity index is 1470. The number of ketones is 2. The van der Waals surface area contributed by atoms with E-state index in [1.54, 1.807) is 19.2 Å². The number of carbonyl (C=O) groups excluding carboxylic acids is 2.